The van der Waals surface area contributed by atoms with Crippen molar-refractivity contribution in [2.75, 3.05) is 23.3 Å². The summed E-state index contributed by atoms with van der Waals surface area (Å²) >= 11 is 0. The molecule has 1 saturated heterocycles. The maximum Gasteiger partial charge on any atom is 0.252 e. The van der Waals surface area contributed by atoms with E-state index in [9.17, 15) is 4.79 Å². The molecular formula is C23H24N10O. The summed E-state index contributed by atoms with van der Waals surface area (Å²) in [6.07, 6.45) is 8.54. The molecule has 4 aromatic heterocycles. The van der Waals surface area contributed by atoms with Crippen molar-refractivity contribution < 1.29 is 4.79 Å². The Morgan fingerprint density at radius 2 is 2.09 bits per heavy atom. The molecule has 1 amide bonds. The van der Waals surface area contributed by atoms with Crippen LogP contribution >= 0.6 is 0 Å². The lowest BCUT2D eigenvalue weighted by Crippen LogP contribution is -2.30. The van der Waals surface area contributed by atoms with Gasteiger partial charge in [-0.15, -0.1) is 0 Å². The lowest BCUT2D eigenvalue weighted by atomic mass is 10.1. The number of nitrogens with zero attached hydrogens (tertiary/aromatic N) is 8. The number of nitriles is 1. The number of hydrogen-bond donors (Lipinski definition) is 2. The van der Waals surface area contributed by atoms with Gasteiger partial charge in [0.1, 0.15) is 11.9 Å². The number of carbonyl (C=O) groups is 1. The Morgan fingerprint density at radius 3 is 2.76 bits per heavy atom. The minimum Gasteiger partial charge on any atom is -0.376 e. The number of nitrogens with one attached hydrogen (secondary N) is 1. The molecule has 0 aromatic carbocycles. The second-order valence-corrected chi connectivity index (χ2v) is 8.43. The predicted octanol–water partition coefficient (Wildman–Crippen LogP) is 1.92. The highest BCUT2D eigenvalue weighted by molar-refractivity contribution is 6.01. The maximum absolute atomic E-state index is 12.2. The molecular weight excluding hydrogens is 432 g/mol. The van der Waals surface area contributed by atoms with E-state index in [0.29, 0.717) is 29.1 Å². The average molecular weight is 457 g/mol. The van der Waals surface area contributed by atoms with Crippen LogP contribution in [0.2, 0.25) is 0 Å². The first-order valence-electron chi connectivity index (χ1n) is 11.1. The topological polar surface area (TPSA) is 143 Å². The van der Waals surface area contributed by atoms with E-state index >= 15 is 0 Å². The van der Waals surface area contributed by atoms with Gasteiger partial charge in [-0.3, -0.25) is 9.48 Å². The molecule has 11 heteroatoms. The number of primary amides is 1. The summed E-state index contributed by atoms with van der Waals surface area (Å²) in [5, 5.41) is 21.2. The van der Waals surface area contributed by atoms with Crippen LogP contribution in [-0.4, -0.2) is 54.4 Å². The number of rotatable bonds is 6. The summed E-state index contributed by atoms with van der Waals surface area (Å²) in [4.78, 5) is 23.6. The summed E-state index contributed by atoms with van der Waals surface area (Å²) in [7, 11) is 0. The first-order chi connectivity index (χ1) is 16.5. The number of imidazole rings is 1. The molecule has 1 aliphatic heterocycles. The number of fused-ring (bicyclic) bond motifs is 1. The van der Waals surface area contributed by atoms with E-state index in [2.05, 4.69) is 38.4 Å². The van der Waals surface area contributed by atoms with E-state index in [0.717, 1.165) is 24.5 Å². The molecule has 5 heterocycles. The molecule has 3 N–H and O–H groups in total. The largest absolute Gasteiger partial charge is 0.376 e. The third-order valence-electron chi connectivity index (χ3n) is 6.15. The molecule has 0 spiro atoms. The summed E-state index contributed by atoms with van der Waals surface area (Å²) in [6, 6.07) is 5.72. The normalized spacial score (nSPS) is 17.7. The molecule has 0 aliphatic carbocycles. The van der Waals surface area contributed by atoms with Crippen LogP contribution < -0.4 is 16.0 Å². The van der Waals surface area contributed by atoms with Crippen molar-refractivity contribution in [3.8, 4) is 17.3 Å². The van der Waals surface area contributed by atoms with Crippen molar-refractivity contribution in [3.05, 3.63) is 54.2 Å². The van der Waals surface area contributed by atoms with Gasteiger partial charge in [-0.2, -0.15) is 15.5 Å². The Balaban J connectivity index is 1.47. The Morgan fingerprint density at radius 1 is 1.24 bits per heavy atom. The lowest BCUT2D eigenvalue weighted by molar-refractivity contribution is 0.100. The number of aryl methyl sites for hydroxylation is 1. The average Bonchev–Trinajstić information content (AvgIpc) is 3.57. The van der Waals surface area contributed by atoms with Gasteiger partial charge in [0, 0.05) is 43.6 Å². The third-order valence-corrected chi connectivity index (χ3v) is 6.15. The number of pyridine rings is 1. The maximum atomic E-state index is 12.2. The van der Waals surface area contributed by atoms with E-state index in [1.54, 1.807) is 23.0 Å². The summed E-state index contributed by atoms with van der Waals surface area (Å²) < 4.78 is 3.47. The van der Waals surface area contributed by atoms with Crippen molar-refractivity contribution in [1.82, 2.24) is 29.4 Å². The van der Waals surface area contributed by atoms with Crippen molar-refractivity contribution in [2.45, 2.75) is 26.4 Å². The van der Waals surface area contributed by atoms with Crippen LogP contribution in [0.3, 0.4) is 0 Å². The Bertz CT molecular complexity index is 1400. The van der Waals surface area contributed by atoms with E-state index in [-0.39, 0.29) is 17.5 Å². The van der Waals surface area contributed by atoms with Crippen molar-refractivity contribution in [2.24, 2.45) is 11.7 Å². The minimum atomic E-state index is -0.572. The quantitative estimate of drug-likeness (QED) is 0.448. The van der Waals surface area contributed by atoms with Crippen molar-refractivity contribution in [1.29, 1.82) is 5.26 Å². The highest BCUT2D eigenvalue weighted by Crippen LogP contribution is 2.30. The van der Waals surface area contributed by atoms with Gasteiger partial charge < -0.3 is 16.0 Å². The predicted molar refractivity (Wildman–Crippen MR) is 126 cm³/mol. The van der Waals surface area contributed by atoms with Gasteiger partial charge >= 0.3 is 0 Å². The zero-order valence-corrected chi connectivity index (χ0v) is 18.9. The van der Waals surface area contributed by atoms with Gasteiger partial charge in [0.05, 0.1) is 41.1 Å². The van der Waals surface area contributed by atoms with Gasteiger partial charge in [0.25, 0.3) is 5.91 Å². The van der Waals surface area contributed by atoms with Crippen LogP contribution in [0.5, 0.6) is 0 Å². The Labute approximate surface area is 195 Å². The molecule has 0 bridgehead atoms. The highest BCUT2D eigenvalue weighted by Gasteiger charge is 2.32. The second-order valence-electron chi connectivity index (χ2n) is 8.43. The van der Waals surface area contributed by atoms with Gasteiger partial charge in [0.15, 0.2) is 5.65 Å². The Hall–Kier alpha value is -4.46. The van der Waals surface area contributed by atoms with Crippen LogP contribution in [0.15, 0.2) is 43.1 Å². The smallest absolute Gasteiger partial charge is 0.252 e. The molecule has 4 aromatic rings. The molecule has 11 nitrogen and oxygen atoms in total. The van der Waals surface area contributed by atoms with Gasteiger partial charge in [0.2, 0.25) is 0 Å². The molecule has 5 rings (SSSR count). The molecule has 2 unspecified atom stereocenters. The summed E-state index contributed by atoms with van der Waals surface area (Å²) in [6.45, 7) is 6.36. The summed E-state index contributed by atoms with van der Waals surface area (Å²) in [5.74, 6) is 0.488. The number of amides is 1. The van der Waals surface area contributed by atoms with Crippen LogP contribution in [0, 0.1) is 17.2 Å². The first kappa shape index (κ1) is 21.4. The SMILES string of the molecule is CCn1cc(-c2cn3ncc(C(N)=O)c(NC4CN(c5ccc(C#N)cn5)CC4C)c3n2)cn1. The van der Waals surface area contributed by atoms with Crippen LogP contribution in [-0.2, 0) is 6.54 Å². The van der Waals surface area contributed by atoms with E-state index < -0.39 is 5.91 Å². The van der Waals surface area contributed by atoms with Gasteiger partial charge in [-0.25, -0.2) is 14.5 Å². The van der Waals surface area contributed by atoms with Gasteiger partial charge in [-0.05, 0) is 25.0 Å². The fourth-order valence-corrected chi connectivity index (χ4v) is 4.24. The van der Waals surface area contributed by atoms with E-state index in [1.807, 2.05) is 30.1 Å². The fourth-order valence-electron chi connectivity index (χ4n) is 4.24. The molecule has 1 fully saturated rings. The molecule has 2 atom stereocenters. The second kappa shape index (κ2) is 8.47. The Kier molecular flexibility index (Phi) is 5.33. The number of carbonyl (C=O) groups excluding carboxylic acids is 1. The number of hydrogen-bond acceptors (Lipinski definition) is 8. The standard InChI is InChI=1S/C23H24N10O/c1-3-32-11-16(8-27-32)19-13-33-23(30-19)21(17(9-28-33)22(25)34)29-18-12-31(10-14(18)2)20-5-4-15(6-24)7-26-20/h4-5,7-9,11,13-14,18,29H,3,10,12H2,1-2H3,(H2,25,34). The molecule has 0 saturated carbocycles. The molecule has 0 radical (unpaired) electrons. The molecule has 1 aliphatic rings. The number of nitrogens with two attached hydrogens (primary N) is 1. The van der Waals surface area contributed by atoms with E-state index in [4.69, 9.17) is 16.0 Å². The molecule has 172 valence electrons. The van der Waals surface area contributed by atoms with Crippen molar-refractivity contribution >= 4 is 23.1 Å². The monoisotopic (exact) mass is 456 g/mol. The zero-order valence-electron chi connectivity index (χ0n) is 18.9. The molecule has 34 heavy (non-hydrogen) atoms. The van der Waals surface area contributed by atoms with Crippen LogP contribution in [0.1, 0.15) is 29.8 Å². The van der Waals surface area contributed by atoms with Gasteiger partial charge in [-0.1, -0.05) is 6.92 Å². The third kappa shape index (κ3) is 3.79. The number of aromatic nitrogens is 6. The minimum absolute atomic E-state index is 0.0183. The van der Waals surface area contributed by atoms with Crippen molar-refractivity contribution in [3.63, 3.8) is 0 Å². The first-order valence-corrected chi connectivity index (χ1v) is 11.1. The zero-order chi connectivity index (χ0) is 23.8. The lowest BCUT2D eigenvalue weighted by Gasteiger charge is -2.20. The number of anilines is 2. The van der Waals surface area contributed by atoms with E-state index in [1.165, 1.54) is 6.20 Å². The van der Waals surface area contributed by atoms with Crippen LogP contribution in [0.4, 0.5) is 11.5 Å². The highest BCUT2D eigenvalue weighted by atomic mass is 16.1. The summed E-state index contributed by atoms with van der Waals surface area (Å²) in [5.41, 5.74) is 9.15. The van der Waals surface area contributed by atoms with Crippen LogP contribution in [0.25, 0.3) is 16.9 Å². The fraction of sp³-hybridized carbons (Fsp3) is 0.304.